The predicted molar refractivity (Wildman–Crippen MR) is 55.0 cm³/mol. The van der Waals surface area contributed by atoms with E-state index in [4.69, 9.17) is 5.26 Å². The summed E-state index contributed by atoms with van der Waals surface area (Å²) in [5.74, 6) is -0.309. The normalized spacial score (nSPS) is 9.80. The summed E-state index contributed by atoms with van der Waals surface area (Å²) in [4.78, 5) is 11.1. The van der Waals surface area contributed by atoms with Crippen molar-refractivity contribution in [3.05, 3.63) is 24.4 Å². The number of rotatable bonds is 2. The van der Waals surface area contributed by atoms with Crippen molar-refractivity contribution in [2.75, 3.05) is 5.32 Å². The zero-order valence-electron chi connectivity index (χ0n) is 7.82. The summed E-state index contributed by atoms with van der Waals surface area (Å²) in [5.41, 5.74) is 1.51. The molecule has 0 bridgehead atoms. The molecule has 0 saturated heterocycles. The highest BCUT2D eigenvalue weighted by atomic mass is 16.1. The molecular formula is C10H8N4O. The summed E-state index contributed by atoms with van der Waals surface area (Å²) >= 11 is 0. The molecule has 0 fully saturated rings. The molecule has 0 aliphatic rings. The van der Waals surface area contributed by atoms with Gasteiger partial charge in [0.25, 0.3) is 0 Å². The first-order valence-corrected chi connectivity index (χ1v) is 4.39. The molecule has 2 rings (SSSR count). The third-order valence-electron chi connectivity index (χ3n) is 1.97. The Hall–Kier alpha value is -2.35. The number of H-pyrrole nitrogens is 1. The Kier molecular flexibility index (Phi) is 2.33. The van der Waals surface area contributed by atoms with Crippen LogP contribution < -0.4 is 5.32 Å². The van der Waals surface area contributed by atoms with Crippen LogP contribution >= 0.6 is 0 Å². The van der Waals surface area contributed by atoms with Gasteiger partial charge in [0, 0.05) is 11.1 Å². The molecule has 0 aliphatic heterocycles. The molecular weight excluding hydrogens is 192 g/mol. The van der Waals surface area contributed by atoms with Gasteiger partial charge in [0.1, 0.15) is 6.42 Å². The Bertz CT molecular complexity index is 538. The standard InChI is InChI=1S/C10H8N4O/c11-4-3-10(15)13-8-2-1-7-6-12-14-9(7)5-8/h1-2,5-6H,3H2,(H,12,14)(H,13,15). The van der Waals surface area contributed by atoms with Crippen LogP contribution in [0.1, 0.15) is 6.42 Å². The van der Waals surface area contributed by atoms with Crippen LogP contribution in [-0.4, -0.2) is 16.1 Å². The smallest absolute Gasteiger partial charge is 0.238 e. The summed E-state index contributed by atoms with van der Waals surface area (Å²) in [5, 5.41) is 18.6. The van der Waals surface area contributed by atoms with E-state index in [0.29, 0.717) is 5.69 Å². The van der Waals surface area contributed by atoms with Gasteiger partial charge in [0.2, 0.25) is 5.91 Å². The van der Waals surface area contributed by atoms with Gasteiger partial charge in [-0.1, -0.05) is 0 Å². The van der Waals surface area contributed by atoms with Crippen LogP contribution in [-0.2, 0) is 4.79 Å². The minimum absolute atomic E-state index is 0.138. The average Bonchev–Trinajstić information content (AvgIpc) is 2.65. The number of nitriles is 1. The van der Waals surface area contributed by atoms with Gasteiger partial charge in [-0.3, -0.25) is 9.89 Å². The van der Waals surface area contributed by atoms with E-state index >= 15 is 0 Å². The fourth-order valence-corrected chi connectivity index (χ4v) is 1.29. The highest BCUT2D eigenvalue weighted by Crippen LogP contribution is 2.16. The minimum Gasteiger partial charge on any atom is -0.325 e. The molecule has 1 heterocycles. The summed E-state index contributed by atoms with van der Waals surface area (Å²) in [6.07, 6.45) is 1.57. The van der Waals surface area contributed by atoms with Crippen LogP contribution in [0.5, 0.6) is 0 Å². The highest BCUT2D eigenvalue weighted by Gasteiger charge is 2.02. The van der Waals surface area contributed by atoms with Gasteiger partial charge in [-0.2, -0.15) is 10.4 Å². The average molecular weight is 200 g/mol. The van der Waals surface area contributed by atoms with Gasteiger partial charge < -0.3 is 5.32 Å². The highest BCUT2D eigenvalue weighted by molar-refractivity contribution is 5.94. The molecule has 1 aromatic carbocycles. The minimum atomic E-state index is -0.309. The summed E-state index contributed by atoms with van der Waals surface area (Å²) in [7, 11) is 0. The summed E-state index contributed by atoms with van der Waals surface area (Å²) in [6, 6.07) is 7.18. The van der Waals surface area contributed by atoms with Crippen LogP contribution in [0.25, 0.3) is 10.9 Å². The van der Waals surface area contributed by atoms with Gasteiger partial charge in [-0.25, -0.2) is 0 Å². The van der Waals surface area contributed by atoms with Crippen LogP contribution in [0.2, 0.25) is 0 Å². The number of hydrogen-bond donors (Lipinski definition) is 2. The number of aromatic amines is 1. The molecule has 5 heteroatoms. The third-order valence-corrected chi connectivity index (χ3v) is 1.97. The zero-order chi connectivity index (χ0) is 10.7. The maximum absolute atomic E-state index is 11.1. The van der Waals surface area contributed by atoms with Crippen LogP contribution in [0, 0.1) is 11.3 Å². The number of anilines is 1. The van der Waals surface area contributed by atoms with Crippen molar-refractivity contribution in [1.29, 1.82) is 5.26 Å². The number of nitrogens with one attached hydrogen (secondary N) is 2. The second kappa shape index (κ2) is 3.80. The summed E-state index contributed by atoms with van der Waals surface area (Å²) < 4.78 is 0. The molecule has 0 aliphatic carbocycles. The monoisotopic (exact) mass is 200 g/mol. The van der Waals surface area contributed by atoms with Crippen molar-refractivity contribution in [1.82, 2.24) is 10.2 Å². The van der Waals surface area contributed by atoms with E-state index in [0.717, 1.165) is 10.9 Å². The Labute approximate surface area is 85.7 Å². The fraction of sp³-hybridized carbons (Fsp3) is 0.100. The first kappa shape index (κ1) is 9.21. The van der Waals surface area contributed by atoms with Crippen molar-refractivity contribution in [3.8, 4) is 6.07 Å². The van der Waals surface area contributed by atoms with Crippen LogP contribution in [0.15, 0.2) is 24.4 Å². The quantitative estimate of drug-likeness (QED) is 0.769. The number of carbonyl (C=O) groups excluding carboxylic acids is 1. The molecule has 1 aromatic heterocycles. The predicted octanol–water partition coefficient (Wildman–Crippen LogP) is 1.42. The molecule has 1 amide bonds. The molecule has 2 aromatic rings. The second-order valence-corrected chi connectivity index (χ2v) is 3.06. The van der Waals surface area contributed by atoms with Crippen LogP contribution in [0.4, 0.5) is 5.69 Å². The van der Waals surface area contributed by atoms with Gasteiger partial charge in [0.05, 0.1) is 17.8 Å². The number of hydrogen-bond acceptors (Lipinski definition) is 3. The largest absolute Gasteiger partial charge is 0.325 e. The van der Waals surface area contributed by atoms with Gasteiger partial charge in [-0.15, -0.1) is 0 Å². The molecule has 0 spiro atoms. The topological polar surface area (TPSA) is 81.6 Å². The van der Waals surface area contributed by atoms with Crippen molar-refractivity contribution in [3.63, 3.8) is 0 Å². The molecule has 0 radical (unpaired) electrons. The number of nitrogens with zero attached hydrogens (tertiary/aromatic N) is 2. The lowest BCUT2D eigenvalue weighted by atomic mass is 10.2. The van der Waals surface area contributed by atoms with Crippen molar-refractivity contribution in [2.45, 2.75) is 6.42 Å². The number of benzene rings is 1. The van der Waals surface area contributed by atoms with E-state index in [1.165, 1.54) is 0 Å². The van der Waals surface area contributed by atoms with E-state index in [-0.39, 0.29) is 12.3 Å². The molecule has 0 saturated carbocycles. The zero-order valence-corrected chi connectivity index (χ0v) is 7.82. The van der Waals surface area contributed by atoms with E-state index in [9.17, 15) is 4.79 Å². The SMILES string of the molecule is N#CCC(=O)Nc1ccc2cn[nH]c2c1. The van der Waals surface area contributed by atoms with Crippen LogP contribution in [0.3, 0.4) is 0 Å². The molecule has 0 atom stereocenters. The first-order valence-electron chi connectivity index (χ1n) is 4.39. The molecule has 74 valence electrons. The maximum atomic E-state index is 11.1. The third kappa shape index (κ3) is 1.94. The molecule has 15 heavy (non-hydrogen) atoms. The summed E-state index contributed by atoms with van der Waals surface area (Å²) in [6.45, 7) is 0. The van der Waals surface area contributed by atoms with E-state index < -0.39 is 0 Å². The van der Waals surface area contributed by atoms with E-state index in [2.05, 4.69) is 15.5 Å². The van der Waals surface area contributed by atoms with Crippen molar-refractivity contribution in [2.24, 2.45) is 0 Å². The van der Waals surface area contributed by atoms with Gasteiger partial charge >= 0.3 is 0 Å². The lowest BCUT2D eigenvalue weighted by Crippen LogP contribution is -2.09. The Balaban J connectivity index is 2.22. The Morgan fingerprint density at radius 2 is 2.47 bits per heavy atom. The van der Waals surface area contributed by atoms with Gasteiger partial charge in [-0.05, 0) is 18.2 Å². The lowest BCUT2D eigenvalue weighted by Gasteiger charge is -2.01. The number of aromatic nitrogens is 2. The maximum Gasteiger partial charge on any atom is 0.238 e. The molecule has 2 N–H and O–H groups in total. The molecule has 5 nitrogen and oxygen atoms in total. The first-order chi connectivity index (χ1) is 7.29. The second-order valence-electron chi connectivity index (χ2n) is 3.06. The van der Waals surface area contributed by atoms with E-state index in [1.54, 1.807) is 24.4 Å². The number of amides is 1. The van der Waals surface area contributed by atoms with Crippen molar-refractivity contribution >= 4 is 22.5 Å². The lowest BCUT2D eigenvalue weighted by molar-refractivity contribution is -0.115. The van der Waals surface area contributed by atoms with Crippen molar-refractivity contribution < 1.29 is 4.79 Å². The Morgan fingerprint density at radius 3 is 3.27 bits per heavy atom. The fourth-order valence-electron chi connectivity index (χ4n) is 1.29. The van der Waals surface area contributed by atoms with E-state index in [1.807, 2.05) is 6.07 Å². The number of carbonyl (C=O) groups is 1. The van der Waals surface area contributed by atoms with Gasteiger partial charge in [0.15, 0.2) is 0 Å². The Morgan fingerprint density at radius 1 is 1.60 bits per heavy atom. The number of fused-ring (bicyclic) bond motifs is 1. The molecule has 0 unspecified atom stereocenters.